The highest BCUT2D eigenvalue weighted by Crippen LogP contribution is 2.31. The number of nitrogens with one attached hydrogen (secondary N) is 1. The van der Waals surface area contributed by atoms with Crippen LogP contribution in [0.25, 0.3) is 0 Å². The Bertz CT molecular complexity index is 682. The molecule has 2 fully saturated rings. The van der Waals surface area contributed by atoms with Gasteiger partial charge in [-0.3, -0.25) is 14.5 Å². The number of halogens is 1. The molecule has 1 aliphatic heterocycles. The standard InChI is InChI=1S/C22H32FN3O2/c1-3-16(2)24-21(27)20(17-7-4-5-8-17)25-11-13-26(14-12-25)22(28)18-9-6-10-19(23)15-18/h6,9-10,15-17,20H,3-5,7-8,11-14H2,1-2H3,(H,24,27)/t16-,20-/m0/s1. The summed E-state index contributed by atoms with van der Waals surface area (Å²) in [6, 6.07) is 5.91. The normalized spacial score (nSPS) is 20.8. The fraction of sp³-hybridized carbons (Fsp3) is 0.636. The van der Waals surface area contributed by atoms with E-state index < -0.39 is 5.82 Å². The summed E-state index contributed by atoms with van der Waals surface area (Å²) in [5.41, 5.74) is 0.385. The van der Waals surface area contributed by atoms with Gasteiger partial charge in [0.1, 0.15) is 5.82 Å². The Hall–Kier alpha value is -1.95. The van der Waals surface area contributed by atoms with Gasteiger partial charge in [-0.25, -0.2) is 4.39 Å². The highest BCUT2D eigenvalue weighted by Gasteiger charge is 2.37. The molecule has 1 aliphatic carbocycles. The van der Waals surface area contributed by atoms with Crippen molar-refractivity contribution in [1.82, 2.24) is 15.1 Å². The third kappa shape index (κ3) is 4.90. The summed E-state index contributed by atoms with van der Waals surface area (Å²) in [6.07, 6.45) is 5.49. The Labute approximate surface area is 167 Å². The first-order valence-electron chi connectivity index (χ1n) is 10.6. The number of hydrogen-bond donors (Lipinski definition) is 1. The molecule has 0 radical (unpaired) electrons. The highest BCUT2D eigenvalue weighted by atomic mass is 19.1. The van der Waals surface area contributed by atoms with Gasteiger partial charge in [0.15, 0.2) is 0 Å². The molecule has 28 heavy (non-hydrogen) atoms. The zero-order valence-electron chi connectivity index (χ0n) is 17.0. The van der Waals surface area contributed by atoms with Crippen molar-refractivity contribution in [2.24, 2.45) is 5.92 Å². The van der Waals surface area contributed by atoms with E-state index in [2.05, 4.69) is 17.1 Å². The molecular formula is C22H32FN3O2. The number of hydrogen-bond acceptors (Lipinski definition) is 3. The molecule has 2 amide bonds. The zero-order chi connectivity index (χ0) is 20.1. The minimum absolute atomic E-state index is 0.108. The monoisotopic (exact) mass is 389 g/mol. The number of rotatable bonds is 6. The van der Waals surface area contributed by atoms with Crippen molar-refractivity contribution in [1.29, 1.82) is 0 Å². The molecule has 0 spiro atoms. The van der Waals surface area contributed by atoms with Crippen LogP contribution in [0.1, 0.15) is 56.3 Å². The van der Waals surface area contributed by atoms with E-state index in [1.807, 2.05) is 6.92 Å². The molecule has 0 unspecified atom stereocenters. The molecule has 5 nitrogen and oxygen atoms in total. The molecule has 2 aliphatic rings. The van der Waals surface area contributed by atoms with E-state index in [0.29, 0.717) is 37.7 Å². The van der Waals surface area contributed by atoms with Crippen molar-refractivity contribution >= 4 is 11.8 Å². The maximum atomic E-state index is 13.4. The van der Waals surface area contributed by atoms with Crippen molar-refractivity contribution in [2.75, 3.05) is 26.2 Å². The quantitative estimate of drug-likeness (QED) is 0.814. The molecule has 0 aromatic heterocycles. The van der Waals surface area contributed by atoms with Crippen LogP contribution in [0.5, 0.6) is 0 Å². The second kappa shape index (κ2) is 9.50. The molecular weight excluding hydrogens is 357 g/mol. The van der Waals surface area contributed by atoms with Crippen LogP contribution < -0.4 is 5.32 Å². The van der Waals surface area contributed by atoms with Gasteiger partial charge in [-0.15, -0.1) is 0 Å². The van der Waals surface area contributed by atoms with E-state index in [9.17, 15) is 14.0 Å². The van der Waals surface area contributed by atoms with E-state index in [4.69, 9.17) is 0 Å². The van der Waals surface area contributed by atoms with Crippen LogP contribution >= 0.6 is 0 Å². The molecule has 1 aromatic rings. The predicted octanol–water partition coefficient (Wildman–Crippen LogP) is 3.06. The first-order valence-corrected chi connectivity index (χ1v) is 10.6. The fourth-order valence-corrected chi connectivity index (χ4v) is 4.39. The molecule has 1 saturated heterocycles. The summed E-state index contributed by atoms with van der Waals surface area (Å²) in [6.45, 7) is 6.60. The zero-order valence-corrected chi connectivity index (χ0v) is 17.0. The highest BCUT2D eigenvalue weighted by molar-refractivity contribution is 5.94. The molecule has 1 saturated carbocycles. The Morgan fingerprint density at radius 2 is 1.86 bits per heavy atom. The van der Waals surface area contributed by atoms with Gasteiger partial charge in [0.2, 0.25) is 5.91 Å². The minimum Gasteiger partial charge on any atom is -0.352 e. The third-order valence-electron chi connectivity index (χ3n) is 6.18. The molecule has 0 bridgehead atoms. The molecule has 3 rings (SSSR count). The van der Waals surface area contributed by atoms with Gasteiger partial charge in [0, 0.05) is 37.8 Å². The maximum Gasteiger partial charge on any atom is 0.254 e. The number of piperazine rings is 1. The molecule has 2 atom stereocenters. The molecule has 154 valence electrons. The van der Waals surface area contributed by atoms with Crippen molar-refractivity contribution < 1.29 is 14.0 Å². The van der Waals surface area contributed by atoms with E-state index in [0.717, 1.165) is 19.3 Å². The lowest BCUT2D eigenvalue weighted by Crippen LogP contribution is -2.58. The number of nitrogens with zero attached hydrogens (tertiary/aromatic N) is 2. The second-order valence-electron chi connectivity index (χ2n) is 8.15. The van der Waals surface area contributed by atoms with Crippen molar-refractivity contribution in [3.63, 3.8) is 0 Å². The van der Waals surface area contributed by atoms with Gasteiger partial charge in [0.05, 0.1) is 6.04 Å². The summed E-state index contributed by atoms with van der Waals surface area (Å²) < 4.78 is 13.4. The molecule has 1 aromatic carbocycles. The van der Waals surface area contributed by atoms with Gasteiger partial charge < -0.3 is 10.2 Å². The smallest absolute Gasteiger partial charge is 0.254 e. The Balaban J connectivity index is 1.64. The van der Waals surface area contributed by atoms with Crippen LogP contribution in [0, 0.1) is 11.7 Å². The Morgan fingerprint density at radius 1 is 1.18 bits per heavy atom. The van der Waals surface area contributed by atoms with Gasteiger partial charge in [-0.2, -0.15) is 0 Å². The Kier molecular flexibility index (Phi) is 7.05. The first kappa shape index (κ1) is 20.8. The van der Waals surface area contributed by atoms with E-state index in [-0.39, 0.29) is 23.9 Å². The largest absolute Gasteiger partial charge is 0.352 e. The average molecular weight is 390 g/mol. The lowest BCUT2D eigenvalue weighted by atomic mass is 9.94. The molecule has 1 heterocycles. The van der Waals surface area contributed by atoms with Crippen LogP contribution in [-0.2, 0) is 4.79 Å². The summed E-state index contributed by atoms with van der Waals surface area (Å²) in [7, 11) is 0. The summed E-state index contributed by atoms with van der Waals surface area (Å²) in [5, 5.41) is 3.17. The number of amides is 2. The van der Waals surface area contributed by atoms with E-state index >= 15 is 0 Å². The lowest BCUT2D eigenvalue weighted by molar-refractivity contribution is -0.129. The van der Waals surface area contributed by atoms with Crippen LogP contribution in [0.15, 0.2) is 24.3 Å². The number of benzene rings is 1. The van der Waals surface area contributed by atoms with Gasteiger partial charge in [-0.05, 0) is 50.3 Å². The van der Waals surface area contributed by atoms with Crippen LogP contribution in [0.2, 0.25) is 0 Å². The van der Waals surface area contributed by atoms with E-state index in [1.54, 1.807) is 17.0 Å². The maximum absolute atomic E-state index is 13.4. The summed E-state index contributed by atoms with van der Waals surface area (Å²) >= 11 is 0. The molecule has 1 N–H and O–H groups in total. The van der Waals surface area contributed by atoms with Crippen molar-refractivity contribution in [3.8, 4) is 0 Å². The van der Waals surface area contributed by atoms with Gasteiger partial charge in [0.25, 0.3) is 5.91 Å². The summed E-state index contributed by atoms with van der Waals surface area (Å²) in [4.78, 5) is 29.7. The average Bonchev–Trinajstić information content (AvgIpc) is 3.22. The lowest BCUT2D eigenvalue weighted by Gasteiger charge is -2.41. The van der Waals surface area contributed by atoms with Crippen molar-refractivity contribution in [3.05, 3.63) is 35.6 Å². The Morgan fingerprint density at radius 3 is 2.46 bits per heavy atom. The number of carbonyl (C=O) groups is 2. The van der Waals surface area contributed by atoms with Gasteiger partial charge in [-0.1, -0.05) is 25.8 Å². The first-order chi connectivity index (χ1) is 13.5. The number of carbonyl (C=O) groups excluding carboxylic acids is 2. The summed E-state index contributed by atoms with van der Waals surface area (Å²) in [5.74, 6) is -0.00574. The predicted molar refractivity (Wildman–Crippen MR) is 108 cm³/mol. The van der Waals surface area contributed by atoms with Crippen LogP contribution in [0.3, 0.4) is 0 Å². The fourth-order valence-electron chi connectivity index (χ4n) is 4.39. The van der Waals surface area contributed by atoms with E-state index in [1.165, 1.54) is 25.0 Å². The SMILES string of the molecule is CC[C@H](C)NC(=O)[C@H](C1CCCC1)N1CCN(C(=O)c2cccc(F)c2)CC1. The van der Waals surface area contributed by atoms with Crippen LogP contribution in [0.4, 0.5) is 4.39 Å². The van der Waals surface area contributed by atoms with Crippen LogP contribution in [-0.4, -0.2) is 59.9 Å². The minimum atomic E-state index is -0.396. The van der Waals surface area contributed by atoms with Crippen molar-refractivity contribution in [2.45, 2.75) is 58.0 Å². The topological polar surface area (TPSA) is 52.7 Å². The van der Waals surface area contributed by atoms with Gasteiger partial charge >= 0.3 is 0 Å². The second-order valence-corrected chi connectivity index (χ2v) is 8.15. The third-order valence-corrected chi connectivity index (χ3v) is 6.18. The molecule has 6 heteroatoms.